The predicted octanol–water partition coefficient (Wildman–Crippen LogP) is 4.93. The molecule has 0 unspecified atom stereocenters. The van der Waals surface area contributed by atoms with E-state index in [9.17, 15) is 9.59 Å². The molecule has 0 aliphatic rings. The van der Waals surface area contributed by atoms with Gasteiger partial charge in [-0.05, 0) is 49.4 Å². The zero-order valence-electron chi connectivity index (χ0n) is 14.0. The van der Waals surface area contributed by atoms with Gasteiger partial charge in [-0.25, -0.2) is 4.98 Å². The molecule has 2 N–H and O–H groups in total. The Morgan fingerprint density at radius 2 is 1.69 bits per heavy atom. The number of hydrogen-bond donors (Lipinski definition) is 2. The molecule has 3 aromatic rings. The number of carbonyl (C=O) groups is 2. The number of aromatic nitrogens is 1. The van der Waals surface area contributed by atoms with Gasteiger partial charge in [0.15, 0.2) is 5.78 Å². The molecule has 0 atom stereocenters. The number of halogens is 1. The summed E-state index contributed by atoms with van der Waals surface area (Å²) in [4.78, 5) is 28.0. The van der Waals surface area contributed by atoms with Gasteiger partial charge in [0.2, 0.25) is 0 Å². The first-order valence-corrected chi connectivity index (χ1v) is 8.30. The number of Topliss-reactive ketones (excluding diaryl/α,β-unsaturated/α-hetero) is 1. The summed E-state index contributed by atoms with van der Waals surface area (Å²) in [5.74, 6) is 0.296. The maximum atomic E-state index is 12.3. The number of carbonyl (C=O) groups excluding carboxylic acids is 2. The molecule has 0 aliphatic carbocycles. The number of amides is 1. The highest BCUT2D eigenvalue weighted by molar-refractivity contribution is 6.31. The Bertz CT molecular complexity index is 955. The van der Waals surface area contributed by atoms with Gasteiger partial charge in [-0.2, -0.15) is 0 Å². The van der Waals surface area contributed by atoms with Crippen molar-refractivity contribution in [3.8, 4) is 0 Å². The van der Waals surface area contributed by atoms with Gasteiger partial charge in [0.1, 0.15) is 5.82 Å². The Hall–Kier alpha value is -3.18. The fourth-order valence-electron chi connectivity index (χ4n) is 2.34. The molecule has 0 bridgehead atoms. The molecule has 3 rings (SSSR count). The van der Waals surface area contributed by atoms with Crippen LogP contribution in [-0.4, -0.2) is 16.7 Å². The first kappa shape index (κ1) is 17.6. The molecular weight excluding hydrogens is 350 g/mol. The second kappa shape index (κ2) is 7.80. The number of nitrogens with zero attached hydrogens (tertiary/aromatic N) is 1. The van der Waals surface area contributed by atoms with E-state index in [0.29, 0.717) is 27.7 Å². The van der Waals surface area contributed by atoms with Crippen molar-refractivity contribution >= 4 is 40.5 Å². The summed E-state index contributed by atoms with van der Waals surface area (Å²) in [7, 11) is 0. The van der Waals surface area contributed by atoms with Gasteiger partial charge in [0, 0.05) is 28.2 Å². The summed E-state index contributed by atoms with van der Waals surface area (Å²) in [6.07, 6.45) is 1.48. The summed E-state index contributed by atoms with van der Waals surface area (Å²) >= 11 is 5.91. The van der Waals surface area contributed by atoms with E-state index < -0.39 is 0 Å². The van der Waals surface area contributed by atoms with Crippen molar-refractivity contribution in [2.24, 2.45) is 0 Å². The van der Waals surface area contributed by atoms with Crippen LogP contribution in [0.25, 0.3) is 0 Å². The number of benzene rings is 2. The van der Waals surface area contributed by atoms with Crippen LogP contribution < -0.4 is 10.6 Å². The van der Waals surface area contributed by atoms with E-state index in [4.69, 9.17) is 11.6 Å². The van der Waals surface area contributed by atoms with Crippen LogP contribution in [0.4, 0.5) is 17.2 Å². The van der Waals surface area contributed by atoms with Crippen molar-refractivity contribution in [2.75, 3.05) is 10.6 Å². The third kappa shape index (κ3) is 4.46. The van der Waals surface area contributed by atoms with E-state index in [2.05, 4.69) is 15.6 Å². The normalized spacial score (nSPS) is 10.2. The molecule has 0 radical (unpaired) electrons. The molecule has 26 heavy (non-hydrogen) atoms. The standard InChI is InChI=1S/C20H16ClN3O2/c1-13(25)14-4-2-6-17(10-14)23-19-9-8-15(12-22-19)20(26)24-18-7-3-5-16(21)11-18/h2-12H,1H3,(H,22,23)(H,24,26). The predicted molar refractivity (Wildman–Crippen MR) is 103 cm³/mol. The van der Waals surface area contributed by atoms with Gasteiger partial charge >= 0.3 is 0 Å². The van der Waals surface area contributed by atoms with E-state index in [1.165, 1.54) is 13.1 Å². The fourth-order valence-corrected chi connectivity index (χ4v) is 2.53. The van der Waals surface area contributed by atoms with E-state index in [1.807, 2.05) is 6.07 Å². The zero-order valence-corrected chi connectivity index (χ0v) is 14.7. The Kier molecular flexibility index (Phi) is 5.29. The van der Waals surface area contributed by atoms with Crippen LogP contribution >= 0.6 is 11.6 Å². The molecule has 5 nitrogen and oxygen atoms in total. The zero-order chi connectivity index (χ0) is 18.5. The molecule has 0 spiro atoms. The van der Waals surface area contributed by atoms with Crippen LogP contribution in [0.15, 0.2) is 66.9 Å². The summed E-state index contributed by atoms with van der Waals surface area (Å²) in [5, 5.41) is 6.43. The topological polar surface area (TPSA) is 71.1 Å². The molecule has 2 aromatic carbocycles. The maximum absolute atomic E-state index is 12.3. The smallest absolute Gasteiger partial charge is 0.257 e. The Morgan fingerprint density at radius 3 is 2.38 bits per heavy atom. The van der Waals surface area contributed by atoms with E-state index in [0.717, 1.165) is 5.69 Å². The lowest BCUT2D eigenvalue weighted by Crippen LogP contribution is -2.12. The third-order valence-corrected chi connectivity index (χ3v) is 3.88. The third-order valence-electron chi connectivity index (χ3n) is 3.65. The Morgan fingerprint density at radius 1 is 0.923 bits per heavy atom. The number of rotatable bonds is 5. The molecule has 1 heterocycles. The molecular formula is C20H16ClN3O2. The summed E-state index contributed by atoms with van der Waals surface area (Å²) < 4.78 is 0. The summed E-state index contributed by atoms with van der Waals surface area (Å²) in [6.45, 7) is 1.52. The van der Waals surface area contributed by atoms with Crippen LogP contribution in [0.2, 0.25) is 5.02 Å². The molecule has 0 fully saturated rings. The molecule has 0 saturated carbocycles. The maximum Gasteiger partial charge on any atom is 0.257 e. The first-order chi connectivity index (χ1) is 12.5. The van der Waals surface area contributed by atoms with Gasteiger partial charge < -0.3 is 10.6 Å². The van der Waals surface area contributed by atoms with Gasteiger partial charge in [-0.1, -0.05) is 29.8 Å². The number of hydrogen-bond acceptors (Lipinski definition) is 4. The highest BCUT2D eigenvalue weighted by atomic mass is 35.5. The lowest BCUT2D eigenvalue weighted by atomic mass is 10.1. The highest BCUT2D eigenvalue weighted by Crippen LogP contribution is 2.18. The minimum absolute atomic E-state index is 0.00496. The fraction of sp³-hybridized carbons (Fsp3) is 0.0500. The molecule has 0 saturated heterocycles. The van der Waals surface area contributed by atoms with E-state index in [1.54, 1.807) is 54.6 Å². The number of pyridine rings is 1. The Labute approximate surface area is 156 Å². The molecule has 0 aliphatic heterocycles. The highest BCUT2D eigenvalue weighted by Gasteiger charge is 2.08. The average molecular weight is 366 g/mol. The Balaban J connectivity index is 1.69. The van der Waals surface area contributed by atoms with Crippen molar-refractivity contribution in [3.05, 3.63) is 83.0 Å². The van der Waals surface area contributed by atoms with Crippen molar-refractivity contribution in [1.29, 1.82) is 0 Å². The lowest BCUT2D eigenvalue weighted by Gasteiger charge is -2.08. The first-order valence-electron chi connectivity index (χ1n) is 7.92. The molecule has 6 heteroatoms. The lowest BCUT2D eigenvalue weighted by molar-refractivity contribution is 0.101. The molecule has 1 aromatic heterocycles. The van der Waals surface area contributed by atoms with Crippen LogP contribution in [0.5, 0.6) is 0 Å². The second-order valence-electron chi connectivity index (χ2n) is 5.66. The van der Waals surface area contributed by atoms with Crippen molar-refractivity contribution < 1.29 is 9.59 Å². The quantitative estimate of drug-likeness (QED) is 0.628. The average Bonchev–Trinajstić information content (AvgIpc) is 2.62. The molecule has 130 valence electrons. The summed E-state index contributed by atoms with van der Waals surface area (Å²) in [5.41, 5.74) is 2.41. The van der Waals surface area contributed by atoms with Gasteiger partial charge in [-0.15, -0.1) is 0 Å². The van der Waals surface area contributed by atoms with Crippen molar-refractivity contribution in [2.45, 2.75) is 6.92 Å². The number of anilines is 3. The van der Waals surface area contributed by atoms with Crippen LogP contribution in [0.1, 0.15) is 27.6 Å². The van der Waals surface area contributed by atoms with Crippen LogP contribution in [0, 0.1) is 0 Å². The number of nitrogens with one attached hydrogen (secondary N) is 2. The summed E-state index contributed by atoms with van der Waals surface area (Å²) in [6, 6.07) is 17.4. The largest absolute Gasteiger partial charge is 0.340 e. The van der Waals surface area contributed by atoms with Crippen molar-refractivity contribution in [3.63, 3.8) is 0 Å². The monoisotopic (exact) mass is 365 g/mol. The van der Waals surface area contributed by atoms with Crippen LogP contribution in [-0.2, 0) is 0 Å². The minimum atomic E-state index is -0.273. The van der Waals surface area contributed by atoms with Crippen LogP contribution in [0.3, 0.4) is 0 Å². The minimum Gasteiger partial charge on any atom is -0.340 e. The van der Waals surface area contributed by atoms with Gasteiger partial charge in [0.25, 0.3) is 5.91 Å². The van der Waals surface area contributed by atoms with Gasteiger partial charge in [-0.3, -0.25) is 9.59 Å². The van der Waals surface area contributed by atoms with Gasteiger partial charge in [0.05, 0.1) is 5.56 Å². The van der Waals surface area contributed by atoms with E-state index >= 15 is 0 Å². The molecule has 1 amide bonds. The second-order valence-corrected chi connectivity index (χ2v) is 6.10. The number of ketones is 1. The van der Waals surface area contributed by atoms with E-state index in [-0.39, 0.29) is 11.7 Å². The SMILES string of the molecule is CC(=O)c1cccc(Nc2ccc(C(=O)Nc3cccc(Cl)c3)cn2)c1. The van der Waals surface area contributed by atoms with Crippen molar-refractivity contribution in [1.82, 2.24) is 4.98 Å².